The second kappa shape index (κ2) is 5.55. The first kappa shape index (κ1) is 13.1. The number of nitrogens with zero attached hydrogens (tertiary/aromatic N) is 1. The van der Waals surface area contributed by atoms with Gasteiger partial charge in [-0.15, -0.1) is 0 Å². The van der Waals surface area contributed by atoms with Gasteiger partial charge in [0.15, 0.2) is 5.78 Å². The van der Waals surface area contributed by atoms with Gasteiger partial charge in [-0.3, -0.25) is 4.79 Å². The topological polar surface area (TPSA) is 20.3 Å². The van der Waals surface area contributed by atoms with Crippen LogP contribution in [0.1, 0.15) is 56.0 Å². The Morgan fingerprint density at radius 3 is 2.83 bits per heavy atom. The summed E-state index contributed by atoms with van der Waals surface area (Å²) in [5.41, 5.74) is 3.55. The molecular weight excluding hydrogens is 222 g/mol. The number of carbonyl (C=O) groups is 1. The molecule has 2 heteroatoms. The van der Waals surface area contributed by atoms with E-state index in [0.29, 0.717) is 12.5 Å². The molecule has 0 fully saturated rings. The maximum absolute atomic E-state index is 12.0. The summed E-state index contributed by atoms with van der Waals surface area (Å²) in [5.74, 6) is 0.273. The fourth-order valence-electron chi connectivity index (χ4n) is 2.68. The Morgan fingerprint density at radius 2 is 2.17 bits per heavy atom. The Morgan fingerprint density at radius 1 is 1.39 bits per heavy atom. The lowest BCUT2D eigenvalue weighted by molar-refractivity contribution is 0.0981. The van der Waals surface area contributed by atoms with E-state index in [1.807, 2.05) is 6.07 Å². The molecule has 0 aromatic heterocycles. The van der Waals surface area contributed by atoms with E-state index in [2.05, 4.69) is 37.8 Å². The summed E-state index contributed by atoms with van der Waals surface area (Å²) in [4.78, 5) is 14.4. The number of anilines is 1. The summed E-state index contributed by atoms with van der Waals surface area (Å²) in [5, 5.41) is 0. The molecule has 0 spiro atoms. The van der Waals surface area contributed by atoms with Crippen LogP contribution >= 0.6 is 0 Å². The minimum atomic E-state index is 0.273. The van der Waals surface area contributed by atoms with E-state index in [4.69, 9.17) is 0 Å². The lowest BCUT2D eigenvalue weighted by Crippen LogP contribution is -2.35. The molecule has 0 aliphatic carbocycles. The largest absolute Gasteiger partial charge is 0.369 e. The molecule has 1 aromatic carbocycles. The average molecular weight is 245 g/mol. The Bertz CT molecular complexity index is 437. The number of benzene rings is 1. The third kappa shape index (κ3) is 2.58. The van der Waals surface area contributed by atoms with Crippen molar-refractivity contribution in [3.8, 4) is 0 Å². The van der Waals surface area contributed by atoms with E-state index in [0.717, 1.165) is 24.9 Å². The Labute approximate surface area is 110 Å². The number of hydrogen-bond acceptors (Lipinski definition) is 2. The summed E-state index contributed by atoms with van der Waals surface area (Å²) in [6.07, 6.45) is 3.93. The van der Waals surface area contributed by atoms with Crippen LogP contribution in [0.15, 0.2) is 18.2 Å². The molecule has 0 radical (unpaired) electrons. The number of Topliss-reactive ketones (excluding diaryl/α,β-unsaturated/α-hetero) is 1. The molecule has 0 saturated heterocycles. The van der Waals surface area contributed by atoms with Crippen LogP contribution in [0.5, 0.6) is 0 Å². The summed E-state index contributed by atoms with van der Waals surface area (Å²) in [7, 11) is 0. The first-order valence-corrected chi connectivity index (χ1v) is 7.06. The molecule has 0 unspecified atom stereocenters. The zero-order chi connectivity index (χ0) is 13.1. The van der Waals surface area contributed by atoms with Gasteiger partial charge in [-0.25, -0.2) is 0 Å². The standard InChI is InChI=1S/C16H23NO/c1-4-6-16(18)14-9-8-13-7-5-10-17(12(2)3)15(13)11-14/h8-9,11-12H,4-7,10H2,1-3H3. The maximum Gasteiger partial charge on any atom is 0.162 e. The molecule has 18 heavy (non-hydrogen) atoms. The monoisotopic (exact) mass is 245 g/mol. The normalized spacial score (nSPS) is 14.8. The van der Waals surface area contributed by atoms with Crippen molar-refractivity contribution in [2.75, 3.05) is 11.4 Å². The van der Waals surface area contributed by atoms with Crippen molar-refractivity contribution in [1.82, 2.24) is 0 Å². The molecule has 2 rings (SSSR count). The van der Waals surface area contributed by atoms with Crippen LogP contribution in [-0.4, -0.2) is 18.4 Å². The number of aryl methyl sites for hydroxylation is 1. The number of rotatable bonds is 4. The van der Waals surface area contributed by atoms with Crippen LogP contribution in [-0.2, 0) is 6.42 Å². The van der Waals surface area contributed by atoms with Gasteiger partial charge >= 0.3 is 0 Å². The van der Waals surface area contributed by atoms with Gasteiger partial charge in [0.05, 0.1) is 0 Å². The highest BCUT2D eigenvalue weighted by Gasteiger charge is 2.20. The quantitative estimate of drug-likeness (QED) is 0.751. The molecule has 98 valence electrons. The third-order valence-electron chi connectivity index (χ3n) is 3.66. The molecule has 1 aliphatic heterocycles. The maximum atomic E-state index is 12.0. The highest BCUT2D eigenvalue weighted by molar-refractivity contribution is 5.97. The molecule has 2 nitrogen and oxygen atoms in total. The second-order valence-corrected chi connectivity index (χ2v) is 5.41. The van der Waals surface area contributed by atoms with Crippen LogP contribution in [0.4, 0.5) is 5.69 Å². The van der Waals surface area contributed by atoms with Crippen molar-refractivity contribution in [1.29, 1.82) is 0 Å². The van der Waals surface area contributed by atoms with E-state index >= 15 is 0 Å². The highest BCUT2D eigenvalue weighted by Crippen LogP contribution is 2.30. The molecule has 1 aromatic rings. The molecule has 0 saturated carbocycles. The number of ketones is 1. The second-order valence-electron chi connectivity index (χ2n) is 5.41. The first-order valence-electron chi connectivity index (χ1n) is 7.06. The lowest BCUT2D eigenvalue weighted by atomic mass is 9.96. The van der Waals surface area contributed by atoms with Crippen LogP contribution in [0.3, 0.4) is 0 Å². The summed E-state index contributed by atoms with van der Waals surface area (Å²) < 4.78 is 0. The van der Waals surface area contributed by atoms with Crippen LogP contribution in [0.25, 0.3) is 0 Å². The molecule has 0 amide bonds. The minimum absolute atomic E-state index is 0.273. The molecule has 0 N–H and O–H groups in total. The van der Waals surface area contributed by atoms with Crippen molar-refractivity contribution in [3.63, 3.8) is 0 Å². The number of fused-ring (bicyclic) bond motifs is 1. The molecule has 1 aliphatic rings. The van der Waals surface area contributed by atoms with Crippen molar-refractivity contribution in [2.24, 2.45) is 0 Å². The van der Waals surface area contributed by atoms with Crippen molar-refractivity contribution < 1.29 is 4.79 Å². The fraction of sp³-hybridized carbons (Fsp3) is 0.562. The molecule has 0 bridgehead atoms. The van der Waals surface area contributed by atoms with Gasteiger partial charge in [0, 0.05) is 30.3 Å². The van der Waals surface area contributed by atoms with Crippen LogP contribution in [0.2, 0.25) is 0 Å². The van der Waals surface area contributed by atoms with Crippen molar-refractivity contribution >= 4 is 11.5 Å². The lowest BCUT2D eigenvalue weighted by Gasteiger charge is -2.35. The first-order chi connectivity index (χ1) is 8.63. The molecular formula is C16H23NO. The van der Waals surface area contributed by atoms with Crippen LogP contribution in [0, 0.1) is 0 Å². The minimum Gasteiger partial charge on any atom is -0.369 e. The van der Waals surface area contributed by atoms with Gasteiger partial charge < -0.3 is 4.90 Å². The molecule has 0 atom stereocenters. The van der Waals surface area contributed by atoms with E-state index < -0.39 is 0 Å². The Kier molecular flexibility index (Phi) is 4.05. The summed E-state index contributed by atoms with van der Waals surface area (Å²) in [6, 6.07) is 6.75. The Hall–Kier alpha value is -1.31. The van der Waals surface area contributed by atoms with Gasteiger partial charge in [0.1, 0.15) is 0 Å². The van der Waals surface area contributed by atoms with Crippen molar-refractivity contribution in [2.45, 2.75) is 52.5 Å². The SMILES string of the molecule is CCCC(=O)c1ccc2c(c1)N(C(C)C)CCC2. The Balaban J connectivity index is 2.33. The average Bonchev–Trinajstić information content (AvgIpc) is 2.37. The van der Waals surface area contributed by atoms with E-state index in [-0.39, 0.29) is 5.78 Å². The van der Waals surface area contributed by atoms with Gasteiger partial charge in [-0.05, 0) is 44.7 Å². The van der Waals surface area contributed by atoms with E-state index in [9.17, 15) is 4.79 Å². The predicted molar refractivity (Wildman–Crippen MR) is 76.5 cm³/mol. The van der Waals surface area contributed by atoms with Gasteiger partial charge in [-0.2, -0.15) is 0 Å². The zero-order valence-electron chi connectivity index (χ0n) is 11.7. The smallest absolute Gasteiger partial charge is 0.162 e. The molecule has 1 heterocycles. The van der Waals surface area contributed by atoms with Gasteiger partial charge in [0.25, 0.3) is 0 Å². The number of hydrogen-bond donors (Lipinski definition) is 0. The number of carbonyl (C=O) groups excluding carboxylic acids is 1. The van der Waals surface area contributed by atoms with Gasteiger partial charge in [0.2, 0.25) is 0 Å². The summed E-state index contributed by atoms with van der Waals surface area (Å²) >= 11 is 0. The fourth-order valence-corrected chi connectivity index (χ4v) is 2.68. The summed E-state index contributed by atoms with van der Waals surface area (Å²) in [6.45, 7) is 7.60. The van der Waals surface area contributed by atoms with E-state index in [1.165, 1.54) is 17.7 Å². The van der Waals surface area contributed by atoms with Gasteiger partial charge in [-0.1, -0.05) is 19.1 Å². The zero-order valence-corrected chi connectivity index (χ0v) is 11.7. The predicted octanol–water partition coefficient (Wildman–Crippen LogP) is 3.83. The highest BCUT2D eigenvalue weighted by atomic mass is 16.1. The third-order valence-corrected chi connectivity index (χ3v) is 3.66. The van der Waals surface area contributed by atoms with Crippen LogP contribution < -0.4 is 4.90 Å². The van der Waals surface area contributed by atoms with E-state index in [1.54, 1.807) is 0 Å². The van der Waals surface area contributed by atoms with Crippen molar-refractivity contribution in [3.05, 3.63) is 29.3 Å².